The summed E-state index contributed by atoms with van der Waals surface area (Å²) in [7, 11) is 2.02. The van der Waals surface area contributed by atoms with E-state index in [-0.39, 0.29) is 0 Å². The summed E-state index contributed by atoms with van der Waals surface area (Å²) >= 11 is 5.95. The van der Waals surface area contributed by atoms with Crippen molar-refractivity contribution in [1.82, 2.24) is 9.55 Å². The number of nitrogens with zero attached hydrogens (tertiary/aromatic N) is 2. The van der Waals surface area contributed by atoms with Gasteiger partial charge in [-0.05, 0) is 24.6 Å². The summed E-state index contributed by atoms with van der Waals surface area (Å²) in [5.74, 6) is 1.36. The van der Waals surface area contributed by atoms with Crippen molar-refractivity contribution in [2.45, 2.75) is 19.3 Å². The van der Waals surface area contributed by atoms with Gasteiger partial charge in [0.2, 0.25) is 0 Å². The van der Waals surface area contributed by atoms with Crippen LogP contribution in [0.1, 0.15) is 25.1 Å². The van der Waals surface area contributed by atoms with Gasteiger partial charge < -0.3 is 10.3 Å². The Morgan fingerprint density at radius 2 is 2.25 bits per heavy atom. The fourth-order valence-corrected chi connectivity index (χ4v) is 2.18. The van der Waals surface area contributed by atoms with Crippen LogP contribution >= 0.6 is 11.6 Å². The summed E-state index contributed by atoms with van der Waals surface area (Å²) in [6.45, 7) is 2.76. The molecule has 1 unspecified atom stereocenters. The molecule has 0 saturated heterocycles. The van der Waals surface area contributed by atoms with E-state index in [2.05, 4.69) is 16.5 Å². The van der Waals surface area contributed by atoms with Gasteiger partial charge in [0.25, 0.3) is 0 Å². The molecule has 0 aliphatic heterocycles. The van der Waals surface area contributed by atoms with E-state index in [0.29, 0.717) is 12.5 Å². The average Bonchev–Trinajstić information content (AvgIpc) is 2.58. The van der Waals surface area contributed by atoms with Crippen molar-refractivity contribution < 1.29 is 0 Å². The lowest BCUT2D eigenvalue weighted by atomic mass is 10.1. The molecule has 1 heterocycles. The first kappa shape index (κ1) is 11.4. The van der Waals surface area contributed by atoms with Crippen molar-refractivity contribution in [3.63, 3.8) is 0 Å². The van der Waals surface area contributed by atoms with E-state index in [1.54, 1.807) is 0 Å². The molecule has 0 aliphatic carbocycles. The van der Waals surface area contributed by atoms with Gasteiger partial charge in [0.05, 0.1) is 11.0 Å². The molecule has 0 aliphatic rings. The normalized spacial score (nSPS) is 13.2. The Labute approximate surface area is 100 Å². The summed E-state index contributed by atoms with van der Waals surface area (Å²) in [6, 6.07) is 5.78. The zero-order valence-electron chi connectivity index (χ0n) is 9.57. The van der Waals surface area contributed by atoms with Gasteiger partial charge in [-0.1, -0.05) is 18.5 Å². The summed E-state index contributed by atoms with van der Waals surface area (Å²) in [6.07, 6.45) is 1.00. The predicted molar refractivity (Wildman–Crippen MR) is 67.8 cm³/mol. The van der Waals surface area contributed by atoms with E-state index in [9.17, 15) is 0 Å². The third kappa shape index (κ3) is 1.81. The number of benzene rings is 1. The van der Waals surface area contributed by atoms with Crippen LogP contribution < -0.4 is 5.73 Å². The molecular formula is C12H16ClN3. The van der Waals surface area contributed by atoms with Crippen molar-refractivity contribution in [3.8, 4) is 0 Å². The largest absolute Gasteiger partial charge is 0.331 e. The van der Waals surface area contributed by atoms with Crippen LogP contribution in [0.3, 0.4) is 0 Å². The smallest absolute Gasteiger partial charge is 0.113 e. The Morgan fingerprint density at radius 3 is 2.88 bits per heavy atom. The molecule has 0 fully saturated rings. The second kappa shape index (κ2) is 4.44. The van der Waals surface area contributed by atoms with Crippen molar-refractivity contribution in [3.05, 3.63) is 29.0 Å². The summed E-state index contributed by atoms with van der Waals surface area (Å²) < 4.78 is 2.10. The molecule has 16 heavy (non-hydrogen) atoms. The molecule has 1 aromatic heterocycles. The number of hydrogen-bond donors (Lipinski definition) is 1. The summed E-state index contributed by atoms with van der Waals surface area (Å²) in [5.41, 5.74) is 7.80. The quantitative estimate of drug-likeness (QED) is 0.892. The Hall–Kier alpha value is -1.06. The first-order valence-electron chi connectivity index (χ1n) is 5.49. The minimum absolute atomic E-state index is 0.316. The Kier molecular flexibility index (Phi) is 3.17. The number of aryl methyl sites for hydroxylation is 1. The third-order valence-corrected chi connectivity index (χ3v) is 3.26. The molecule has 2 N–H and O–H groups in total. The van der Waals surface area contributed by atoms with Gasteiger partial charge in [-0.3, -0.25) is 0 Å². The second-order valence-electron chi connectivity index (χ2n) is 4.00. The highest BCUT2D eigenvalue weighted by atomic mass is 35.5. The van der Waals surface area contributed by atoms with Gasteiger partial charge in [-0.15, -0.1) is 0 Å². The van der Waals surface area contributed by atoms with Gasteiger partial charge in [0.15, 0.2) is 0 Å². The number of fused-ring (bicyclic) bond motifs is 1. The van der Waals surface area contributed by atoms with Gasteiger partial charge >= 0.3 is 0 Å². The van der Waals surface area contributed by atoms with Crippen molar-refractivity contribution >= 4 is 22.6 Å². The highest BCUT2D eigenvalue weighted by molar-refractivity contribution is 6.31. The van der Waals surface area contributed by atoms with Crippen LogP contribution in [0.4, 0.5) is 0 Å². The molecule has 0 amide bonds. The standard InChI is InChI=1S/C12H16ClN3/c1-3-8(7-14)12-15-10-6-9(13)4-5-11(10)16(12)2/h4-6,8H,3,7,14H2,1-2H3. The lowest BCUT2D eigenvalue weighted by Crippen LogP contribution is -2.15. The first-order chi connectivity index (χ1) is 7.67. The zero-order chi connectivity index (χ0) is 11.7. The van der Waals surface area contributed by atoms with Crippen molar-refractivity contribution in [1.29, 1.82) is 0 Å². The number of imidazole rings is 1. The van der Waals surface area contributed by atoms with Crippen LogP contribution in [-0.4, -0.2) is 16.1 Å². The van der Waals surface area contributed by atoms with Gasteiger partial charge in [-0.2, -0.15) is 0 Å². The predicted octanol–water partition coefficient (Wildman–Crippen LogP) is 2.68. The van der Waals surface area contributed by atoms with Gasteiger partial charge in [-0.25, -0.2) is 4.98 Å². The van der Waals surface area contributed by atoms with Crippen molar-refractivity contribution in [2.24, 2.45) is 12.8 Å². The number of halogens is 1. The highest BCUT2D eigenvalue weighted by Gasteiger charge is 2.15. The third-order valence-electron chi connectivity index (χ3n) is 3.02. The summed E-state index contributed by atoms with van der Waals surface area (Å²) in [4.78, 5) is 4.61. The molecule has 1 aromatic carbocycles. The first-order valence-corrected chi connectivity index (χ1v) is 5.87. The maximum Gasteiger partial charge on any atom is 0.113 e. The van der Waals surface area contributed by atoms with Gasteiger partial charge in [0, 0.05) is 24.5 Å². The fraction of sp³-hybridized carbons (Fsp3) is 0.417. The SMILES string of the molecule is CCC(CN)c1nc2cc(Cl)ccc2n1C. The molecular weight excluding hydrogens is 222 g/mol. The topological polar surface area (TPSA) is 43.8 Å². The monoisotopic (exact) mass is 237 g/mol. The van der Waals surface area contributed by atoms with Crippen LogP contribution in [0.15, 0.2) is 18.2 Å². The Morgan fingerprint density at radius 1 is 1.50 bits per heavy atom. The van der Waals surface area contributed by atoms with Crippen LogP contribution in [0.5, 0.6) is 0 Å². The molecule has 0 radical (unpaired) electrons. The molecule has 2 aromatic rings. The molecule has 86 valence electrons. The van der Waals surface area contributed by atoms with E-state index in [4.69, 9.17) is 17.3 Å². The minimum Gasteiger partial charge on any atom is -0.331 e. The van der Waals surface area contributed by atoms with E-state index in [1.807, 2.05) is 25.2 Å². The highest BCUT2D eigenvalue weighted by Crippen LogP contribution is 2.24. The molecule has 4 heteroatoms. The van der Waals surface area contributed by atoms with Crippen molar-refractivity contribution in [2.75, 3.05) is 6.54 Å². The molecule has 0 spiro atoms. The van der Waals surface area contributed by atoms with E-state index < -0.39 is 0 Å². The van der Waals surface area contributed by atoms with Crippen LogP contribution in [0, 0.1) is 0 Å². The Balaban J connectivity index is 2.59. The molecule has 0 saturated carbocycles. The zero-order valence-corrected chi connectivity index (χ0v) is 10.3. The number of aromatic nitrogens is 2. The molecule has 0 bridgehead atoms. The number of nitrogens with two attached hydrogens (primary N) is 1. The van der Waals surface area contributed by atoms with Crippen LogP contribution in [0.2, 0.25) is 5.02 Å². The maximum absolute atomic E-state index is 5.95. The lowest BCUT2D eigenvalue weighted by Gasteiger charge is -2.11. The molecule has 2 rings (SSSR count). The lowest BCUT2D eigenvalue weighted by molar-refractivity contribution is 0.608. The number of hydrogen-bond acceptors (Lipinski definition) is 2. The molecule has 3 nitrogen and oxygen atoms in total. The maximum atomic E-state index is 5.95. The minimum atomic E-state index is 0.316. The van der Waals surface area contributed by atoms with Crippen LogP contribution in [-0.2, 0) is 7.05 Å². The van der Waals surface area contributed by atoms with E-state index >= 15 is 0 Å². The van der Waals surface area contributed by atoms with Crippen LogP contribution in [0.25, 0.3) is 11.0 Å². The Bertz CT molecular complexity index is 500. The van der Waals surface area contributed by atoms with Gasteiger partial charge in [0.1, 0.15) is 5.82 Å². The van der Waals surface area contributed by atoms with E-state index in [0.717, 1.165) is 28.3 Å². The van der Waals surface area contributed by atoms with E-state index in [1.165, 1.54) is 0 Å². The number of rotatable bonds is 3. The average molecular weight is 238 g/mol. The summed E-state index contributed by atoms with van der Waals surface area (Å²) in [5, 5.41) is 0.720. The molecule has 1 atom stereocenters. The fourth-order valence-electron chi connectivity index (χ4n) is 2.01. The second-order valence-corrected chi connectivity index (χ2v) is 4.44.